The van der Waals surface area contributed by atoms with E-state index in [0.717, 1.165) is 48.1 Å². The molecule has 33 heavy (non-hydrogen) atoms. The Kier molecular flexibility index (Phi) is 9.43. The van der Waals surface area contributed by atoms with E-state index in [9.17, 15) is 4.79 Å². The number of nitriles is 1. The van der Waals surface area contributed by atoms with Gasteiger partial charge >= 0.3 is 0 Å². The summed E-state index contributed by atoms with van der Waals surface area (Å²) in [6, 6.07) is 17.0. The molecule has 0 radical (unpaired) electrons. The highest BCUT2D eigenvalue weighted by atomic mass is 35.5. The first-order valence-electron chi connectivity index (χ1n) is 9.95. The molecule has 1 amide bonds. The zero-order valence-corrected chi connectivity index (χ0v) is 19.6. The van der Waals surface area contributed by atoms with Gasteiger partial charge in [0.1, 0.15) is 0 Å². The number of anilines is 3. The third-order valence-corrected chi connectivity index (χ3v) is 5.04. The van der Waals surface area contributed by atoms with Crippen molar-refractivity contribution < 1.29 is 9.53 Å². The van der Waals surface area contributed by atoms with Crippen LogP contribution in [0.25, 0.3) is 11.3 Å². The van der Waals surface area contributed by atoms with Crippen LogP contribution in [0, 0.1) is 11.5 Å². The number of halogens is 2. The molecule has 8 nitrogen and oxygen atoms in total. The van der Waals surface area contributed by atoms with Crippen LogP contribution in [0.1, 0.15) is 10.4 Å². The van der Waals surface area contributed by atoms with E-state index in [1.54, 1.807) is 18.3 Å². The van der Waals surface area contributed by atoms with Gasteiger partial charge in [-0.2, -0.15) is 5.26 Å². The van der Waals surface area contributed by atoms with E-state index in [0.29, 0.717) is 11.5 Å². The van der Waals surface area contributed by atoms with E-state index >= 15 is 0 Å². The van der Waals surface area contributed by atoms with Crippen LogP contribution < -0.4 is 10.2 Å². The van der Waals surface area contributed by atoms with E-state index in [1.165, 1.54) is 12.7 Å². The summed E-state index contributed by atoms with van der Waals surface area (Å²) in [5.74, 6) is 0.139. The van der Waals surface area contributed by atoms with E-state index < -0.39 is 0 Å². The molecule has 3 aromatic rings. The van der Waals surface area contributed by atoms with Crippen LogP contribution in [-0.2, 0) is 4.74 Å². The summed E-state index contributed by atoms with van der Waals surface area (Å²) in [4.78, 5) is 24.2. The lowest BCUT2D eigenvalue weighted by atomic mass is 10.1. The minimum absolute atomic E-state index is 0. The second-order valence-electron chi connectivity index (χ2n) is 7.08. The van der Waals surface area contributed by atoms with Gasteiger partial charge in [0.05, 0.1) is 18.9 Å². The highest BCUT2D eigenvalue weighted by Crippen LogP contribution is 2.23. The SMILES string of the molecule is CN(C#N)C(=O)c1ccc(-c2ccnc(Nc3ccc(N4CCOCC4)cc3)n2)cc1.Cl.Cl. The number of carbonyl (C=O) groups excluding carboxylic acids is 1. The number of morpholine rings is 1. The van der Waals surface area contributed by atoms with Gasteiger partial charge in [0.25, 0.3) is 5.91 Å². The van der Waals surface area contributed by atoms with Gasteiger partial charge in [-0.15, -0.1) is 24.8 Å². The number of ether oxygens (including phenoxy) is 1. The summed E-state index contributed by atoms with van der Waals surface area (Å²) < 4.78 is 5.40. The molecule has 1 saturated heterocycles. The zero-order valence-electron chi connectivity index (χ0n) is 18.0. The molecular formula is C23H24Cl2N6O2. The van der Waals surface area contributed by atoms with E-state index in [2.05, 4.69) is 32.3 Å². The van der Waals surface area contributed by atoms with Crippen molar-refractivity contribution in [3.8, 4) is 17.5 Å². The Morgan fingerprint density at radius 2 is 1.73 bits per heavy atom. The lowest BCUT2D eigenvalue weighted by Gasteiger charge is -2.28. The van der Waals surface area contributed by atoms with Gasteiger partial charge in [-0.3, -0.25) is 4.79 Å². The molecule has 2 aromatic carbocycles. The first-order valence-corrected chi connectivity index (χ1v) is 9.95. The van der Waals surface area contributed by atoms with Gasteiger partial charge in [0.2, 0.25) is 5.95 Å². The molecule has 172 valence electrons. The third-order valence-electron chi connectivity index (χ3n) is 5.04. The van der Waals surface area contributed by atoms with Gasteiger partial charge in [-0.05, 0) is 42.5 Å². The Morgan fingerprint density at radius 3 is 2.36 bits per heavy atom. The van der Waals surface area contributed by atoms with Crippen LogP contribution in [0.15, 0.2) is 60.8 Å². The van der Waals surface area contributed by atoms with Crippen LogP contribution in [0.4, 0.5) is 17.3 Å². The predicted molar refractivity (Wildman–Crippen MR) is 132 cm³/mol. The minimum Gasteiger partial charge on any atom is -0.378 e. The highest BCUT2D eigenvalue weighted by Gasteiger charge is 2.12. The van der Waals surface area contributed by atoms with Crippen molar-refractivity contribution in [2.24, 2.45) is 0 Å². The lowest BCUT2D eigenvalue weighted by molar-refractivity contribution is 0.0858. The molecule has 1 fully saturated rings. The highest BCUT2D eigenvalue weighted by molar-refractivity contribution is 5.95. The van der Waals surface area contributed by atoms with E-state index in [4.69, 9.17) is 10.00 Å². The molecule has 0 spiro atoms. The van der Waals surface area contributed by atoms with Crippen molar-refractivity contribution in [2.45, 2.75) is 0 Å². The van der Waals surface area contributed by atoms with Crippen molar-refractivity contribution in [1.29, 1.82) is 5.26 Å². The van der Waals surface area contributed by atoms with Crippen LogP contribution in [-0.4, -0.2) is 54.1 Å². The van der Waals surface area contributed by atoms with Crippen molar-refractivity contribution in [2.75, 3.05) is 43.6 Å². The third kappa shape index (κ3) is 6.33. The molecule has 1 aliphatic rings. The fourth-order valence-corrected chi connectivity index (χ4v) is 3.31. The van der Waals surface area contributed by atoms with E-state index in [-0.39, 0.29) is 30.7 Å². The summed E-state index contributed by atoms with van der Waals surface area (Å²) in [5, 5.41) is 12.1. The van der Waals surface area contributed by atoms with Crippen LogP contribution in [0.2, 0.25) is 0 Å². The molecule has 0 aliphatic carbocycles. The molecule has 1 aliphatic heterocycles. The normalized spacial score (nSPS) is 12.5. The molecule has 2 heterocycles. The summed E-state index contributed by atoms with van der Waals surface area (Å²) in [6.45, 7) is 3.31. The molecular weight excluding hydrogens is 463 g/mol. The number of rotatable bonds is 5. The fourth-order valence-electron chi connectivity index (χ4n) is 3.31. The number of nitrogens with one attached hydrogen (secondary N) is 1. The van der Waals surface area contributed by atoms with Crippen molar-refractivity contribution in [3.63, 3.8) is 0 Å². The maximum absolute atomic E-state index is 12.1. The van der Waals surface area contributed by atoms with E-state index in [1.807, 2.05) is 36.5 Å². The first kappa shape index (κ1) is 25.9. The smallest absolute Gasteiger partial charge is 0.266 e. The van der Waals surface area contributed by atoms with Gasteiger partial charge in [-0.25, -0.2) is 14.9 Å². The topological polar surface area (TPSA) is 94.4 Å². The summed E-state index contributed by atoms with van der Waals surface area (Å²) >= 11 is 0. The van der Waals surface area contributed by atoms with Crippen LogP contribution in [0.3, 0.4) is 0 Å². The number of hydrogen-bond acceptors (Lipinski definition) is 7. The molecule has 4 rings (SSSR count). The quantitative estimate of drug-likeness (QED) is 0.427. The van der Waals surface area contributed by atoms with Crippen LogP contribution in [0.5, 0.6) is 0 Å². The molecule has 10 heteroatoms. The molecule has 1 N–H and O–H groups in total. The maximum atomic E-state index is 12.1. The molecule has 0 saturated carbocycles. The second kappa shape index (κ2) is 12.0. The van der Waals surface area contributed by atoms with Crippen molar-refractivity contribution in [3.05, 3.63) is 66.4 Å². The zero-order chi connectivity index (χ0) is 21.6. The Morgan fingerprint density at radius 1 is 1.06 bits per heavy atom. The summed E-state index contributed by atoms with van der Waals surface area (Å²) in [5.41, 5.74) is 4.09. The number of amides is 1. The van der Waals surface area contributed by atoms with Crippen molar-refractivity contribution in [1.82, 2.24) is 14.9 Å². The molecule has 0 unspecified atom stereocenters. The van der Waals surface area contributed by atoms with Gasteiger partial charge in [0.15, 0.2) is 6.19 Å². The standard InChI is InChI=1S/C23H22N6O2.2ClH/c1-28(16-24)22(30)18-4-2-17(3-5-18)21-10-11-25-23(27-21)26-19-6-8-20(9-7-19)29-12-14-31-15-13-29;;/h2-11H,12-15H2,1H3,(H,25,26,27);2*1H. The number of aromatic nitrogens is 2. The second-order valence-corrected chi connectivity index (χ2v) is 7.08. The molecule has 0 bridgehead atoms. The molecule has 0 atom stereocenters. The Bertz CT molecular complexity index is 1100. The van der Waals surface area contributed by atoms with Gasteiger partial charge in [-0.1, -0.05) is 12.1 Å². The summed E-state index contributed by atoms with van der Waals surface area (Å²) in [7, 11) is 1.44. The fraction of sp³-hybridized carbons (Fsp3) is 0.217. The average Bonchev–Trinajstić information content (AvgIpc) is 2.84. The first-order chi connectivity index (χ1) is 15.1. The van der Waals surface area contributed by atoms with Gasteiger partial charge in [0, 0.05) is 48.8 Å². The Hall–Kier alpha value is -3.38. The Balaban J connectivity index is 0.00000193. The monoisotopic (exact) mass is 486 g/mol. The van der Waals surface area contributed by atoms with Crippen LogP contribution >= 0.6 is 24.8 Å². The average molecular weight is 487 g/mol. The largest absolute Gasteiger partial charge is 0.378 e. The number of hydrogen-bond donors (Lipinski definition) is 1. The minimum atomic E-state index is -0.348. The number of benzene rings is 2. The summed E-state index contributed by atoms with van der Waals surface area (Å²) in [6.07, 6.45) is 3.50. The lowest BCUT2D eigenvalue weighted by Crippen LogP contribution is -2.36. The van der Waals surface area contributed by atoms with Crippen molar-refractivity contribution >= 4 is 48.0 Å². The number of nitrogens with zero attached hydrogens (tertiary/aromatic N) is 5. The van der Waals surface area contributed by atoms with Gasteiger partial charge < -0.3 is 15.0 Å². The Labute approximate surface area is 205 Å². The predicted octanol–water partition coefficient (Wildman–Crippen LogP) is 4.12. The maximum Gasteiger partial charge on any atom is 0.266 e. The molecule has 1 aromatic heterocycles. The number of carbonyl (C=O) groups is 1.